The summed E-state index contributed by atoms with van der Waals surface area (Å²) in [4.78, 5) is 11.9. The largest absolute Gasteiger partial charge is 0.454 e. The smallest absolute Gasteiger partial charge is 0.231 e. The van der Waals surface area contributed by atoms with Crippen LogP contribution in [0.2, 0.25) is 5.02 Å². The first kappa shape index (κ1) is 14.4. The van der Waals surface area contributed by atoms with Crippen molar-refractivity contribution in [2.24, 2.45) is 5.92 Å². The average Bonchev–Trinajstić information content (AvgIpc) is 3.04. The minimum Gasteiger partial charge on any atom is -0.454 e. The summed E-state index contributed by atoms with van der Waals surface area (Å²) in [5, 5.41) is 3.70. The molecular formula is C14H16ClN3O3S. The topological polar surface area (TPSA) is 71.6 Å². The van der Waals surface area contributed by atoms with Crippen molar-refractivity contribution in [1.82, 2.24) is 16.2 Å². The lowest BCUT2D eigenvalue weighted by Crippen LogP contribution is -2.46. The van der Waals surface area contributed by atoms with Gasteiger partial charge in [0.05, 0.1) is 16.9 Å². The van der Waals surface area contributed by atoms with Gasteiger partial charge in [-0.15, -0.1) is 11.8 Å². The number of halogens is 1. The Morgan fingerprint density at radius 3 is 3.05 bits per heavy atom. The fourth-order valence-electron chi connectivity index (χ4n) is 3.23. The van der Waals surface area contributed by atoms with Crippen molar-refractivity contribution < 1.29 is 14.3 Å². The summed E-state index contributed by atoms with van der Waals surface area (Å²) in [6.45, 7) is 2.30. The maximum atomic E-state index is 11.9. The predicted molar refractivity (Wildman–Crippen MR) is 83.9 cm³/mol. The third kappa shape index (κ3) is 2.32. The van der Waals surface area contributed by atoms with Crippen molar-refractivity contribution in [3.63, 3.8) is 0 Å². The van der Waals surface area contributed by atoms with Gasteiger partial charge < -0.3 is 14.8 Å². The van der Waals surface area contributed by atoms with Gasteiger partial charge in [-0.2, -0.15) is 0 Å². The van der Waals surface area contributed by atoms with Crippen LogP contribution in [0.3, 0.4) is 0 Å². The van der Waals surface area contributed by atoms with Crippen molar-refractivity contribution in [3.8, 4) is 11.5 Å². The Morgan fingerprint density at radius 1 is 1.32 bits per heavy atom. The Balaban J connectivity index is 1.73. The molecule has 0 bridgehead atoms. The quantitative estimate of drug-likeness (QED) is 0.717. The van der Waals surface area contributed by atoms with Gasteiger partial charge in [-0.1, -0.05) is 11.6 Å². The number of fused-ring (bicyclic) bond motifs is 2. The molecule has 4 unspecified atom stereocenters. The minimum atomic E-state index is -0.0910. The van der Waals surface area contributed by atoms with E-state index in [2.05, 4.69) is 23.1 Å². The fourth-order valence-corrected chi connectivity index (χ4v) is 4.86. The molecule has 3 aliphatic rings. The molecule has 3 heterocycles. The van der Waals surface area contributed by atoms with E-state index >= 15 is 0 Å². The van der Waals surface area contributed by atoms with Crippen LogP contribution in [0.5, 0.6) is 11.5 Å². The molecule has 6 nitrogen and oxygen atoms in total. The van der Waals surface area contributed by atoms with Crippen molar-refractivity contribution in [2.45, 2.75) is 24.4 Å². The average molecular weight is 342 g/mol. The number of hydrazine groups is 1. The molecule has 2 saturated heterocycles. The number of thioether (sulfide) groups is 1. The summed E-state index contributed by atoms with van der Waals surface area (Å²) in [7, 11) is 0. The number of rotatable bonds is 1. The second kappa shape index (κ2) is 5.49. The van der Waals surface area contributed by atoms with E-state index in [9.17, 15) is 4.79 Å². The van der Waals surface area contributed by atoms with E-state index in [4.69, 9.17) is 21.1 Å². The Morgan fingerprint density at radius 2 is 2.18 bits per heavy atom. The van der Waals surface area contributed by atoms with Gasteiger partial charge in [-0.05, 0) is 24.6 Å². The highest BCUT2D eigenvalue weighted by Crippen LogP contribution is 2.47. The predicted octanol–water partition coefficient (Wildman–Crippen LogP) is 1.41. The summed E-state index contributed by atoms with van der Waals surface area (Å²) < 4.78 is 10.8. The monoisotopic (exact) mass is 341 g/mol. The number of ether oxygens (including phenoxy) is 2. The summed E-state index contributed by atoms with van der Waals surface area (Å²) in [6, 6.07) is 4.12. The van der Waals surface area contributed by atoms with Crippen LogP contribution in [0.1, 0.15) is 17.7 Å². The number of hydrogen-bond donors (Lipinski definition) is 3. The third-order valence-corrected chi connectivity index (χ3v) is 5.92. The lowest BCUT2D eigenvalue weighted by molar-refractivity contribution is -0.119. The molecule has 3 N–H and O–H groups in total. The molecule has 3 aliphatic heterocycles. The molecule has 1 aromatic rings. The Hall–Kier alpha value is -1.15. The molecule has 0 radical (unpaired) electrons. The second-order valence-electron chi connectivity index (χ2n) is 5.67. The highest BCUT2D eigenvalue weighted by molar-refractivity contribution is 8.00. The lowest BCUT2D eigenvalue weighted by Gasteiger charge is -2.27. The van der Waals surface area contributed by atoms with Crippen molar-refractivity contribution >= 4 is 29.3 Å². The van der Waals surface area contributed by atoms with E-state index in [-0.39, 0.29) is 36.1 Å². The van der Waals surface area contributed by atoms with Crippen LogP contribution in [-0.4, -0.2) is 30.7 Å². The van der Waals surface area contributed by atoms with Gasteiger partial charge in [0.15, 0.2) is 11.5 Å². The van der Waals surface area contributed by atoms with E-state index in [1.807, 2.05) is 12.1 Å². The first-order chi connectivity index (χ1) is 10.6. The molecule has 2 fully saturated rings. The van der Waals surface area contributed by atoms with E-state index in [1.165, 1.54) is 0 Å². The molecule has 1 amide bonds. The molecule has 0 spiro atoms. The molecule has 0 saturated carbocycles. The van der Waals surface area contributed by atoms with Gasteiger partial charge in [-0.3, -0.25) is 10.2 Å². The van der Waals surface area contributed by atoms with E-state index < -0.39 is 0 Å². The molecule has 118 valence electrons. The highest BCUT2D eigenvalue weighted by Gasteiger charge is 2.43. The summed E-state index contributed by atoms with van der Waals surface area (Å²) in [6.07, 6.45) is -0.0910. The molecule has 1 aromatic carbocycles. The SMILES string of the molecule is CC1NNC2NC(=O)CSC(c3cc(Cl)c4c(c3)OCO4)C12. The zero-order chi connectivity index (χ0) is 15.3. The van der Waals surface area contributed by atoms with Gasteiger partial charge in [0.25, 0.3) is 0 Å². The molecule has 4 rings (SSSR count). The van der Waals surface area contributed by atoms with E-state index in [0.717, 1.165) is 5.56 Å². The maximum Gasteiger partial charge on any atom is 0.231 e. The van der Waals surface area contributed by atoms with Crippen LogP contribution < -0.4 is 25.6 Å². The van der Waals surface area contributed by atoms with E-state index in [1.54, 1.807) is 11.8 Å². The van der Waals surface area contributed by atoms with Crippen molar-refractivity contribution in [3.05, 3.63) is 22.7 Å². The molecule has 8 heteroatoms. The van der Waals surface area contributed by atoms with Crippen LogP contribution >= 0.6 is 23.4 Å². The van der Waals surface area contributed by atoms with Gasteiger partial charge in [0.2, 0.25) is 12.7 Å². The summed E-state index contributed by atoms with van der Waals surface area (Å²) in [5.41, 5.74) is 7.43. The van der Waals surface area contributed by atoms with Gasteiger partial charge >= 0.3 is 0 Å². The summed E-state index contributed by atoms with van der Waals surface area (Å²) in [5.74, 6) is 1.96. The Labute approximate surface area is 137 Å². The Kier molecular flexibility index (Phi) is 3.60. The lowest BCUT2D eigenvalue weighted by atomic mass is 9.91. The normalized spacial score (nSPS) is 33.3. The van der Waals surface area contributed by atoms with Crippen LogP contribution in [0, 0.1) is 5.92 Å². The first-order valence-corrected chi connectivity index (χ1v) is 8.57. The van der Waals surface area contributed by atoms with E-state index in [0.29, 0.717) is 22.3 Å². The number of benzene rings is 1. The zero-order valence-corrected chi connectivity index (χ0v) is 13.5. The number of nitrogens with one attached hydrogen (secondary N) is 3. The number of amides is 1. The minimum absolute atomic E-state index is 0.0396. The van der Waals surface area contributed by atoms with Gasteiger partial charge in [0.1, 0.15) is 0 Å². The molecule has 0 aliphatic carbocycles. The number of hydrogen-bond acceptors (Lipinski definition) is 6. The second-order valence-corrected chi connectivity index (χ2v) is 7.21. The fraction of sp³-hybridized carbons (Fsp3) is 0.500. The molecule has 0 aromatic heterocycles. The van der Waals surface area contributed by atoms with Gasteiger partial charge in [0, 0.05) is 17.2 Å². The zero-order valence-electron chi connectivity index (χ0n) is 11.9. The van der Waals surface area contributed by atoms with Crippen LogP contribution in [0.25, 0.3) is 0 Å². The van der Waals surface area contributed by atoms with Crippen LogP contribution in [0.4, 0.5) is 0 Å². The van der Waals surface area contributed by atoms with Crippen molar-refractivity contribution in [1.29, 1.82) is 0 Å². The Bertz CT molecular complexity index is 630. The maximum absolute atomic E-state index is 11.9. The van der Waals surface area contributed by atoms with Crippen LogP contribution in [0.15, 0.2) is 12.1 Å². The van der Waals surface area contributed by atoms with Crippen LogP contribution in [-0.2, 0) is 4.79 Å². The number of carbonyl (C=O) groups excluding carboxylic acids is 1. The third-order valence-electron chi connectivity index (χ3n) is 4.27. The van der Waals surface area contributed by atoms with Crippen molar-refractivity contribution in [2.75, 3.05) is 12.5 Å². The molecule has 4 atom stereocenters. The molecular weight excluding hydrogens is 326 g/mol. The molecule has 22 heavy (non-hydrogen) atoms. The number of carbonyl (C=O) groups is 1. The first-order valence-electron chi connectivity index (χ1n) is 7.14. The standard InChI is InChI=1S/C14H16ClN3O3S/c1-6-11-13(22-4-10(19)16-14(11)18-17-6)7-2-8(15)12-9(3-7)20-5-21-12/h2-3,6,11,13-14,17-18H,4-5H2,1H3,(H,16,19). The summed E-state index contributed by atoms with van der Waals surface area (Å²) >= 11 is 7.95. The van der Waals surface area contributed by atoms with Gasteiger partial charge in [-0.25, -0.2) is 5.43 Å². The highest BCUT2D eigenvalue weighted by atomic mass is 35.5.